The van der Waals surface area contributed by atoms with Gasteiger partial charge in [0.15, 0.2) is 0 Å². The van der Waals surface area contributed by atoms with Gasteiger partial charge in [0.05, 0.1) is 18.1 Å². The minimum atomic E-state index is -0.129. The van der Waals surface area contributed by atoms with E-state index in [-0.39, 0.29) is 4.87 Å². The van der Waals surface area contributed by atoms with Crippen molar-refractivity contribution in [1.29, 1.82) is 0 Å². The van der Waals surface area contributed by atoms with Crippen LogP contribution >= 0.6 is 23.4 Å². The lowest BCUT2D eigenvalue weighted by Crippen LogP contribution is -2.47. The summed E-state index contributed by atoms with van der Waals surface area (Å²) in [6.45, 7) is 5.76. The molecule has 0 spiro atoms. The first-order chi connectivity index (χ1) is 10.7. The van der Waals surface area contributed by atoms with E-state index in [2.05, 4.69) is 54.3 Å². The van der Waals surface area contributed by atoms with E-state index < -0.39 is 0 Å². The quantitative estimate of drug-likeness (QED) is 0.756. The number of halogens is 1. The van der Waals surface area contributed by atoms with Gasteiger partial charge in [-0.1, -0.05) is 53.7 Å². The van der Waals surface area contributed by atoms with E-state index in [0.29, 0.717) is 0 Å². The molecule has 3 rings (SSSR count). The van der Waals surface area contributed by atoms with Crippen LogP contribution in [-0.2, 0) is 9.61 Å². The molecule has 1 unspecified atom stereocenters. The SMILES string of the molecule is CC(Sc1ccccc1)(c1ccc(Cl)cc1)N1CCOCC1. The van der Waals surface area contributed by atoms with Gasteiger partial charge in [-0.05, 0) is 36.8 Å². The van der Waals surface area contributed by atoms with Gasteiger partial charge in [-0.3, -0.25) is 4.90 Å². The van der Waals surface area contributed by atoms with Crippen LogP contribution < -0.4 is 0 Å². The van der Waals surface area contributed by atoms with Crippen molar-refractivity contribution in [3.63, 3.8) is 0 Å². The molecule has 1 atom stereocenters. The maximum absolute atomic E-state index is 6.07. The van der Waals surface area contributed by atoms with Crippen molar-refractivity contribution in [3.8, 4) is 0 Å². The van der Waals surface area contributed by atoms with Crippen LogP contribution in [0, 0.1) is 0 Å². The molecule has 22 heavy (non-hydrogen) atoms. The van der Waals surface area contributed by atoms with E-state index >= 15 is 0 Å². The molecule has 0 bridgehead atoms. The number of hydrogen-bond donors (Lipinski definition) is 0. The van der Waals surface area contributed by atoms with E-state index in [1.54, 1.807) is 0 Å². The topological polar surface area (TPSA) is 12.5 Å². The molecule has 1 aliphatic rings. The maximum atomic E-state index is 6.07. The standard InChI is InChI=1S/C18H20ClNOS/c1-18(20-11-13-21-14-12-20,15-7-9-16(19)10-8-15)22-17-5-3-2-4-6-17/h2-10H,11-14H2,1H3. The Balaban J connectivity index is 1.95. The average molecular weight is 334 g/mol. The largest absolute Gasteiger partial charge is 0.379 e. The fourth-order valence-corrected chi connectivity index (χ4v) is 4.22. The Morgan fingerprint density at radius 3 is 2.27 bits per heavy atom. The predicted octanol–water partition coefficient (Wildman–Crippen LogP) is 4.64. The van der Waals surface area contributed by atoms with E-state index in [4.69, 9.17) is 16.3 Å². The molecule has 1 saturated heterocycles. The molecule has 2 aromatic carbocycles. The van der Waals surface area contributed by atoms with Crippen LogP contribution in [0.2, 0.25) is 5.02 Å². The third kappa shape index (κ3) is 3.49. The molecule has 0 amide bonds. The Hall–Kier alpha value is -1.00. The van der Waals surface area contributed by atoms with Gasteiger partial charge in [0.25, 0.3) is 0 Å². The van der Waals surface area contributed by atoms with Crippen molar-refractivity contribution in [2.24, 2.45) is 0 Å². The molecule has 1 heterocycles. The zero-order valence-corrected chi connectivity index (χ0v) is 14.2. The van der Waals surface area contributed by atoms with Gasteiger partial charge in [0.1, 0.15) is 0 Å². The van der Waals surface area contributed by atoms with Crippen LogP contribution in [0.5, 0.6) is 0 Å². The first-order valence-corrected chi connectivity index (χ1v) is 8.71. The Bertz CT molecular complexity index is 598. The van der Waals surface area contributed by atoms with Crippen LogP contribution in [0.1, 0.15) is 12.5 Å². The Morgan fingerprint density at radius 2 is 1.64 bits per heavy atom. The van der Waals surface area contributed by atoms with E-state index in [9.17, 15) is 0 Å². The second-order valence-corrected chi connectivity index (χ2v) is 7.41. The van der Waals surface area contributed by atoms with E-state index in [0.717, 1.165) is 31.3 Å². The number of hydrogen-bond acceptors (Lipinski definition) is 3. The number of ether oxygens (including phenoxy) is 1. The minimum absolute atomic E-state index is 0.129. The fourth-order valence-electron chi connectivity index (χ4n) is 2.77. The lowest BCUT2D eigenvalue weighted by molar-refractivity contribution is 0.0106. The summed E-state index contributed by atoms with van der Waals surface area (Å²) < 4.78 is 5.53. The fraction of sp³-hybridized carbons (Fsp3) is 0.333. The predicted molar refractivity (Wildman–Crippen MR) is 93.5 cm³/mol. The molecule has 0 aromatic heterocycles. The van der Waals surface area contributed by atoms with Crippen LogP contribution in [0.25, 0.3) is 0 Å². The van der Waals surface area contributed by atoms with Gasteiger partial charge in [0.2, 0.25) is 0 Å². The van der Waals surface area contributed by atoms with Crippen molar-refractivity contribution in [1.82, 2.24) is 4.90 Å². The number of thioether (sulfide) groups is 1. The molecule has 4 heteroatoms. The summed E-state index contributed by atoms with van der Waals surface area (Å²) in [6, 6.07) is 18.8. The highest BCUT2D eigenvalue weighted by Gasteiger charge is 2.35. The normalized spacial score (nSPS) is 18.8. The average Bonchev–Trinajstić information content (AvgIpc) is 2.57. The molecule has 2 aromatic rings. The third-order valence-electron chi connectivity index (χ3n) is 4.05. The summed E-state index contributed by atoms with van der Waals surface area (Å²) >= 11 is 7.95. The van der Waals surface area contributed by atoms with Gasteiger partial charge in [-0.15, -0.1) is 0 Å². The molecular weight excluding hydrogens is 314 g/mol. The molecule has 0 saturated carbocycles. The molecule has 0 aliphatic carbocycles. The molecular formula is C18H20ClNOS. The van der Waals surface area contributed by atoms with Crippen LogP contribution in [-0.4, -0.2) is 31.2 Å². The lowest BCUT2D eigenvalue weighted by atomic mass is 10.1. The second-order valence-electron chi connectivity index (χ2n) is 5.50. The van der Waals surface area contributed by atoms with Crippen molar-refractivity contribution >= 4 is 23.4 Å². The summed E-state index contributed by atoms with van der Waals surface area (Å²) in [6.07, 6.45) is 0. The molecule has 1 fully saturated rings. The highest BCUT2D eigenvalue weighted by Crippen LogP contribution is 2.44. The van der Waals surface area contributed by atoms with Crippen molar-refractivity contribution in [3.05, 3.63) is 65.2 Å². The van der Waals surface area contributed by atoms with Gasteiger partial charge >= 0.3 is 0 Å². The number of benzene rings is 2. The van der Waals surface area contributed by atoms with E-state index in [1.807, 2.05) is 23.9 Å². The Labute approximate surface area is 141 Å². The van der Waals surface area contributed by atoms with Crippen LogP contribution in [0.4, 0.5) is 0 Å². The Morgan fingerprint density at radius 1 is 1.00 bits per heavy atom. The van der Waals surface area contributed by atoms with Gasteiger partial charge < -0.3 is 4.74 Å². The third-order valence-corrected chi connectivity index (χ3v) is 5.71. The van der Waals surface area contributed by atoms with Crippen molar-refractivity contribution in [2.75, 3.05) is 26.3 Å². The number of morpholine rings is 1. The smallest absolute Gasteiger partial charge is 0.0945 e. The second kappa shape index (κ2) is 7.05. The summed E-state index contributed by atoms with van der Waals surface area (Å²) in [5.74, 6) is 0. The zero-order valence-electron chi connectivity index (χ0n) is 12.7. The maximum Gasteiger partial charge on any atom is 0.0945 e. The molecule has 116 valence electrons. The molecule has 1 aliphatic heterocycles. The minimum Gasteiger partial charge on any atom is -0.379 e. The summed E-state index contributed by atoms with van der Waals surface area (Å²) in [5.41, 5.74) is 1.27. The van der Waals surface area contributed by atoms with Crippen LogP contribution in [0.3, 0.4) is 0 Å². The number of rotatable bonds is 4. The zero-order chi connectivity index (χ0) is 15.4. The highest BCUT2D eigenvalue weighted by atomic mass is 35.5. The van der Waals surface area contributed by atoms with E-state index in [1.165, 1.54) is 10.5 Å². The number of nitrogens with zero attached hydrogens (tertiary/aromatic N) is 1. The summed E-state index contributed by atoms with van der Waals surface area (Å²) in [5, 5.41) is 0.776. The summed E-state index contributed by atoms with van der Waals surface area (Å²) in [7, 11) is 0. The monoisotopic (exact) mass is 333 g/mol. The Kier molecular flexibility index (Phi) is 5.09. The van der Waals surface area contributed by atoms with Gasteiger partial charge in [-0.2, -0.15) is 0 Å². The first-order valence-electron chi connectivity index (χ1n) is 7.51. The molecule has 0 N–H and O–H groups in total. The highest BCUT2D eigenvalue weighted by molar-refractivity contribution is 8.00. The van der Waals surface area contributed by atoms with Gasteiger partial charge in [0, 0.05) is 23.0 Å². The first kappa shape index (κ1) is 15.9. The lowest BCUT2D eigenvalue weighted by Gasteiger charge is -2.43. The van der Waals surface area contributed by atoms with Gasteiger partial charge in [-0.25, -0.2) is 0 Å². The van der Waals surface area contributed by atoms with Crippen molar-refractivity contribution in [2.45, 2.75) is 16.7 Å². The summed E-state index contributed by atoms with van der Waals surface area (Å²) in [4.78, 5) is 3.64. The van der Waals surface area contributed by atoms with Crippen LogP contribution in [0.15, 0.2) is 59.5 Å². The van der Waals surface area contributed by atoms with Crippen molar-refractivity contribution < 1.29 is 4.74 Å². The molecule has 2 nitrogen and oxygen atoms in total. The molecule has 0 radical (unpaired) electrons.